The summed E-state index contributed by atoms with van der Waals surface area (Å²) in [5, 5.41) is 0. The third kappa shape index (κ3) is 6.74. The molecule has 5 heteroatoms. The summed E-state index contributed by atoms with van der Waals surface area (Å²) >= 11 is 17.9. The fourth-order valence-electron chi connectivity index (χ4n) is 2.07. The maximum atomic E-state index is 5.97. The number of rotatable bonds is 5. The van der Waals surface area contributed by atoms with Crippen molar-refractivity contribution in [1.82, 2.24) is 0 Å². The lowest BCUT2D eigenvalue weighted by Crippen LogP contribution is -2.15. The smallest absolute Gasteiger partial charge is 0.342 e. The fourth-order valence-corrected chi connectivity index (χ4v) is 4.77. The van der Waals surface area contributed by atoms with E-state index >= 15 is 0 Å². The van der Waals surface area contributed by atoms with Gasteiger partial charge in [-0.3, -0.25) is 0 Å². The molecule has 0 aromatic carbocycles. The van der Waals surface area contributed by atoms with Gasteiger partial charge in [0.1, 0.15) is 6.61 Å². The van der Waals surface area contributed by atoms with E-state index in [0.717, 1.165) is 18.9 Å². The highest BCUT2D eigenvalue weighted by Gasteiger charge is 2.33. The molecule has 1 aliphatic rings. The lowest BCUT2D eigenvalue weighted by molar-refractivity contribution is 0.198. The van der Waals surface area contributed by atoms with Crippen LogP contribution >= 0.6 is 33.2 Å². The van der Waals surface area contributed by atoms with E-state index in [1.165, 1.54) is 12.0 Å². The van der Waals surface area contributed by atoms with Gasteiger partial charge in [0.15, 0.2) is 0 Å². The highest BCUT2D eigenvalue weighted by molar-refractivity contribution is 7.64. The summed E-state index contributed by atoms with van der Waals surface area (Å²) in [5.74, 6) is 6.11. The van der Waals surface area contributed by atoms with Crippen LogP contribution in [0.5, 0.6) is 0 Å². The minimum atomic E-state index is -2.51. The van der Waals surface area contributed by atoms with Crippen molar-refractivity contribution >= 4 is 39.2 Å². The SMILES string of the molecule is CC#CCOC/C=C1/CCCC1C[Si](Cl)(Cl)Cl. The molecule has 0 amide bonds. The van der Waals surface area contributed by atoms with Crippen molar-refractivity contribution in [3.63, 3.8) is 0 Å². The molecular weight excluding hydrogens is 295 g/mol. The summed E-state index contributed by atoms with van der Waals surface area (Å²) in [6, 6.07) is -1.78. The maximum Gasteiger partial charge on any atom is 0.342 e. The molecule has 0 N–H and O–H groups in total. The molecule has 1 fully saturated rings. The second kappa shape index (κ2) is 7.71. The van der Waals surface area contributed by atoms with Gasteiger partial charge in [-0.05, 0) is 38.1 Å². The number of allylic oxidation sites excluding steroid dienone is 1. The highest BCUT2D eigenvalue weighted by atomic mass is 35.8. The molecule has 0 radical (unpaired) electrons. The molecule has 96 valence electrons. The molecule has 1 aliphatic carbocycles. The number of halogens is 3. The number of hydrogen-bond acceptors (Lipinski definition) is 1. The second-order valence-corrected chi connectivity index (χ2v) is 13.3. The van der Waals surface area contributed by atoms with Gasteiger partial charge in [-0.15, -0.1) is 39.2 Å². The van der Waals surface area contributed by atoms with Gasteiger partial charge in [-0.25, -0.2) is 0 Å². The van der Waals surface area contributed by atoms with Crippen molar-refractivity contribution in [3.05, 3.63) is 11.6 Å². The molecule has 1 atom stereocenters. The molecule has 0 heterocycles. The molecule has 1 unspecified atom stereocenters. The Bertz CT molecular complexity index is 325. The van der Waals surface area contributed by atoms with E-state index in [-0.39, 0.29) is 0 Å². The molecule has 1 saturated carbocycles. The van der Waals surface area contributed by atoms with Crippen LogP contribution in [0.1, 0.15) is 26.2 Å². The molecule has 17 heavy (non-hydrogen) atoms. The Morgan fingerprint density at radius 2 is 2.24 bits per heavy atom. The third-order valence-electron chi connectivity index (χ3n) is 2.83. The zero-order chi connectivity index (χ0) is 12.7. The van der Waals surface area contributed by atoms with Gasteiger partial charge in [0, 0.05) is 0 Å². The largest absolute Gasteiger partial charge is 0.365 e. The zero-order valence-electron chi connectivity index (χ0n) is 9.94. The summed E-state index contributed by atoms with van der Waals surface area (Å²) in [7, 11) is 0. The minimum absolute atomic E-state index is 0.454. The molecule has 0 spiro atoms. The molecule has 0 bridgehead atoms. The van der Waals surface area contributed by atoms with Crippen LogP contribution in [0.2, 0.25) is 6.04 Å². The van der Waals surface area contributed by atoms with E-state index in [1.54, 1.807) is 6.92 Å². The Labute approximate surface area is 119 Å². The van der Waals surface area contributed by atoms with E-state index in [2.05, 4.69) is 17.9 Å². The standard InChI is InChI=1S/C12H17Cl3OSi/c1-2-3-8-16-9-7-11-5-4-6-12(11)10-17(13,14)15/h7,12H,4-6,8-10H2,1H3/b11-7-. The van der Waals surface area contributed by atoms with Gasteiger partial charge in [0.2, 0.25) is 0 Å². The van der Waals surface area contributed by atoms with Gasteiger partial charge in [0.05, 0.1) is 6.61 Å². The van der Waals surface area contributed by atoms with Crippen LogP contribution in [-0.4, -0.2) is 19.2 Å². The van der Waals surface area contributed by atoms with Crippen molar-refractivity contribution in [1.29, 1.82) is 0 Å². The van der Waals surface area contributed by atoms with Crippen molar-refractivity contribution in [2.75, 3.05) is 13.2 Å². The predicted molar refractivity (Wildman–Crippen MR) is 77.8 cm³/mol. The summed E-state index contributed by atoms with van der Waals surface area (Å²) < 4.78 is 5.38. The number of hydrogen-bond donors (Lipinski definition) is 0. The Hall–Kier alpha value is 0.347. The summed E-state index contributed by atoms with van der Waals surface area (Å²) in [5.41, 5.74) is 1.40. The maximum absolute atomic E-state index is 5.97. The average molecular weight is 312 g/mol. The second-order valence-electron chi connectivity index (χ2n) is 4.13. The van der Waals surface area contributed by atoms with E-state index in [4.69, 9.17) is 38.0 Å². The first-order valence-corrected chi connectivity index (χ1v) is 11.0. The van der Waals surface area contributed by atoms with Crippen LogP contribution in [0.15, 0.2) is 11.6 Å². The molecule has 0 aliphatic heterocycles. The normalized spacial score (nSPS) is 22.6. The van der Waals surface area contributed by atoms with Crippen LogP contribution in [-0.2, 0) is 4.74 Å². The fraction of sp³-hybridized carbons (Fsp3) is 0.667. The van der Waals surface area contributed by atoms with E-state index in [9.17, 15) is 0 Å². The lowest BCUT2D eigenvalue weighted by atomic mass is 10.1. The first-order chi connectivity index (χ1) is 8.03. The van der Waals surface area contributed by atoms with Gasteiger partial charge < -0.3 is 4.74 Å². The third-order valence-corrected chi connectivity index (χ3v) is 5.18. The zero-order valence-corrected chi connectivity index (χ0v) is 13.2. The Balaban J connectivity index is 2.39. The molecule has 1 nitrogen and oxygen atoms in total. The van der Waals surface area contributed by atoms with Gasteiger partial charge >= 0.3 is 6.00 Å². The summed E-state index contributed by atoms with van der Waals surface area (Å²) in [6.45, 7) is 2.91. The average Bonchev–Trinajstić information content (AvgIpc) is 2.63. The van der Waals surface area contributed by atoms with E-state index in [1.807, 2.05) is 0 Å². The highest BCUT2D eigenvalue weighted by Crippen LogP contribution is 2.40. The van der Waals surface area contributed by atoms with E-state index < -0.39 is 6.00 Å². The van der Waals surface area contributed by atoms with Crippen molar-refractivity contribution in [2.45, 2.75) is 32.2 Å². The Morgan fingerprint density at radius 3 is 2.88 bits per heavy atom. The molecule has 0 aromatic heterocycles. The van der Waals surface area contributed by atoms with Crippen LogP contribution in [0.25, 0.3) is 0 Å². The predicted octanol–water partition coefficient (Wildman–Crippen LogP) is 4.41. The minimum Gasteiger partial charge on any atom is -0.365 e. The summed E-state index contributed by atoms with van der Waals surface area (Å²) in [4.78, 5) is 0. The Morgan fingerprint density at radius 1 is 1.47 bits per heavy atom. The van der Waals surface area contributed by atoms with Gasteiger partial charge in [-0.1, -0.05) is 17.6 Å². The monoisotopic (exact) mass is 310 g/mol. The quantitative estimate of drug-likeness (QED) is 0.240. The molecule has 0 saturated heterocycles. The first-order valence-electron chi connectivity index (χ1n) is 5.76. The Kier molecular flexibility index (Phi) is 6.99. The summed E-state index contributed by atoms with van der Waals surface area (Å²) in [6.07, 6.45) is 5.59. The lowest BCUT2D eigenvalue weighted by Gasteiger charge is -2.16. The number of ether oxygens (including phenoxy) is 1. The van der Waals surface area contributed by atoms with E-state index in [0.29, 0.717) is 19.1 Å². The topological polar surface area (TPSA) is 9.23 Å². The van der Waals surface area contributed by atoms with Crippen molar-refractivity contribution in [2.24, 2.45) is 5.92 Å². The van der Waals surface area contributed by atoms with Crippen LogP contribution in [0, 0.1) is 17.8 Å². The first kappa shape index (κ1) is 15.4. The van der Waals surface area contributed by atoms with Crippen molar-refractivity contribution in [3.8, 4) is 11.8 Å². The molecular formula is C12H17Cl3OSi. The van der Waals surface area contributed by atoms with Gasteiger partial charge in [-0.2, -0.15) is 0 Å². The van der Waals surface area contributed by atoms with Crippen LogP contribution in [0.4, 0.5) is 0 Å². The van der Waals surface area contributed by atoms with Gasteiger partial charge in [0.25, 0.3) is 0 Å². The van der Waals surface area contributed by atoms with Crippen molar-refractivity contribution < 1.29 is 4.74 Å². The molecule has 1 rings (SSSR count). The van der Waals surface area contributed by atoms with Crippen LogP contribution in [0.3, 0.4) is 0 Å². The molecule has 0 aromatic rings. The van der Waals surface area contributed by atoms with Crippen LogP contribution < -0.4 is 0 Å².